The van der Waals surface area contributed by atoms with E-state index in [-0.39, 0.29) is 0 Å². The fourth-order valence-corrected chi connectivity index (χ4v) is 6.16. The molecule has 0 fully saturated rings. The van der Waals surface area contributed by atoms with Crippen molar-refractivity contribution in [2.24, 2.45) is 10.7 Å². The number of aromatic nitrogens is 3. The molecule has 0 radical (unpaired) electrons. The molecule has 0 bridgehead atoms. The van der Waals surface area contributed by atoms with Gasteiger partial charge in [0.2, 0.25) is 0 Å². The van der Waals surface area contributed by atoms with E-state index < -0.39 is 0 Å². The van der Waals surface area contributed by atoms with Crippen LogP contribution in [0.2, 0.25) is 0 Å². The second kappa shape index (κ2) is 16.2. The first kappa shape index (κ1) is 33.6. The number of para-hydroxylation sites is 3. The van der Waals surface area contributed by atoms with Crippen LogP contribution in [-0.4, -0.2) is 20.8 Å². The standard InChI is InChI=1S/C27H21N3.C13H12N2.C5H8/c28-18-19-7-6-10-22(15-19)30-25-12-5-4-11-23(25)24-16-20-13-14-29(26(20)17-27(24)30)21-8-2-1-3-9-21;1-14-13-8-3-2-6-11(13)10-12-7-4-5-9-15-12;1-3-5-4-2/h1-17H,18,28H2;2-9H,1,10H2;3-5H,1H2,2H3/b;;5-4-. The largest absolute Gasteiger partial charge is 0.326 e. The molecule has 50 heavy (non-hydrogen) atoms. The molecule has 246 valence electrons. The van der Waals surface area contributed by atoms with Gasteiger partial charge in [-0.05, 0) is 91.5 Å². The molecule has 0 saturated carbocycles. The minimum Gasteiger partial charge on any atom is -0.326 e. The topological polar surface area (TPSA) is 61.1 Å². The van der Waals surface area contributed by atoms with Crippen LogP contribution in [0.1, 0.15) is 23.7 Å². The van der Waals surface area contributed by atoms with Gasteiger partial charge in [0.25, 0.3) is 0 Å². The van der Waals surface area contributed by atoms with Crippen LogP contribution in [0.4, 0.5) is 5.69 Å². The molecular formula is C45H41N5. The van der Waals surface area contributed by atoms with Gasteiger partial charge in [-0.2, -0.15) is 0 Å². The first-order valence-corrected chi connectivity index (χ1v) is 16.7. The third kappa shape index (κ3) is 7.39. The summed E-state index contributed by atoms with van der Waals surface area (Å²) in [6.45, 7) is 9.52. The first-order chi connectivity index (χ1) is 24.6. The minimum absolute atomic E-state index is 0.534. The van der Waals surface area contributed by atoms with Gasteiger partial charge in [-0.1, -0.05) is 97.6 Å². The lowest BCUT2D eigenvalue weighted by atomic mass is 10.1. The van der Waals surface area contributed by atoms with E-state index in [4.69, 9.17) is 5.73 Å². The van der Waals surface area contributed by atoms with Gasteiger partial charge in [0, 0.05) is 58.6 Å². The number of nitrogens with zero attached hydrogens (tertiary/aromatic N) is 4. The Hall–Kier alpha value is -6.30. The number of benzene rings is 5. The zero-order valence-electron chi connectivity index (χ0n) is 28.4. The summed E-state index contributed by atoms with van der Waals surface area (Å²) < 4.78 is 4.61. The van der Waals surface area contributed by atoms with Crippen molar-refractivity contribution in [2.75, 3.05) is 0 Å². The average Bonchev–Trinajstić information content (AvgIpc) is 3.74. The molecule has 3 aromatic heterocycles. The van der Waals surface area contributed by atoms with Crippen molar-refractivity contribution in [3.63, 3.8) is 0 Å². The fourth-order valence-electron chi connectivity index (χ4n) is 6.16. The van der Waals surface area contributed by atoms with E-state index in [0.717, 1.165) is 34.6 Å². The molecule has 0 spiro atoms. The highest BCUT2D eigenvalue weighted by Gasteiger charge is 2.15. The molecule has 5 aromatic carbocycles. The highest BCUT2D eigenvalue weighted by atomic mass is 15.0. The van der Waals surface area contributed by atoms with E-state index in [1.54, 1.807) is 12.3 Å². The molecule has 8 rings (SSSR count). The number of nitrogens with two attached hydrogens (primary N) is 1. The summed E-state index contributed by atoms with van der Waals surface area (Å²) >= 11 is 0. The average molecular weight is 652 g/mol. The molecule has 0 aliphatic heterocycles. The zero-order valence-corrected chi connectivity index (χ0v) is 28.4. The van der Waals surface area contributed by atoms with E-state index in [9.17, 15) is 0 Å². The number of hydrogen-bond acceptors (Lipinski definition) is 3. The van der Waals surface area contributed by atoms with Gasteiger partial charge < -0.3 is 14.9 Å². The van der Waals surface area contributed by atoms with E-state index in [1.165, 1.54) is 38.4 Å². The van der Waals surface area contributed by atoms with Crippen molar-refractivity contribution in [3.8, 4) is 11.4 Å². The van der Waals surface area contributed by atoms with Crippen molar-refractivity contribution in [3.05, 3.63) is 194 Å². The third-order valence-corrected chi connectivity index (χ3v) is 8.51. The molecule has 0 aliphatic rings. The maximum Gasteiger partial charge on any atom is 0.0658 e. The molecule has 0 atom stereocenters. The number of rotatable bonds is 7. The normalized spacial score (nSPS) is 10.8. The monoisotopic (exact) mass is 651 g/mol. The summed E-state index contributed by atoms with van der Waals surface area (Å²) in [5.41, 5.74) is 16.1. The molecule has 3 heterocycles. The molecule has 5 nitrogen and oxygen atoms in total. The van der Waals surface area contributed by atoms with E-state index in [1.807, 2.05) is 55.5 Å². The highest BCUT2D eigenvalue weighted by molar-refractivity contribution is 6.13. The quantitative estimate of drug-likeness (QED) is 0.138. The lowest BCUT2D eigenvalue weighted by molar-refractivity contribution is 1.06. The SMILES string of the molecule is C=C/C=C\C.C=Nc1ccccc1Cc1ccccn1.NCc1cccc(-n2c3ccccc3c3cc4ccn(-c5ccccc5)c4cc32)c1. The van der Waals surface area contributed by atoms with E-state index in [0.29, 0.717) is 6.54 Å². The van der Waals surface area contributed by atoms with Gasteiger partial charge in [-0.25, -0.2) is 0 Å². The van der Waals surface area contributed by atoms with E-state index >= 15 is 0 Å². The fraction of sp³-hybridized carbons (Fsp3) is 0.0667. The number of pyridine rings is 1. The van der Waals surface area contributed by atoms with Gasteiger partial charge >= 0.3 is 0 Å². The van der Waals surface area contributed by atoms with Crippen LogP contribution in [0.3, 0.4) is 0 Å². The molecule has 0 unspecified atom stereocenters. The summed E-state index contributed by atoms with van der Waals surface area (Å²) in [5, 5.41) is 3.77. The summed E-state index contributed by atoms with van der Waals surface area (Å²) in [4.78, 5) is 8.28. The minimum atomic E-state index is 0.534. The van der Waals surface area contributed by atoms with Crippen LogP contribution in [0.5, 0.6) is 0 Å². The molecule has 0 saturated heterocycles. The molecule has 2 N–H and O–H groups in total. The van der Waals surface area contributed by atoms with Crippen molar-refractivity contribution in [2.45, 2.75) is 19.9 Å². The molecule has 0 amide bonds. The van der Waals surface area contributed by atoms with Crippen LogP contribution in [0.15, 0.2) is 182 Å². The number of fused-ring (bicyclic) bond motifs is 4. The van der Waals surface area contributed by atoms with Crippen LogP contribution in [0.25, 0.3) is 44.1 Å². The van der Waals surface area contributed by atoms with Crippen molar-refractivity contribution in [1.82, 2.24) is 14.1 Å². The maximum atomic E-state index is 5.93. The smallest absolute Gasteiger partial charge is 0.0658 e. The summed E-state index contributed by atoms with van der Waals surface area (Å²) in [6, 6.07) is 48.4. The summed E-state index contributed by atoms with van der Waals surface area (Å²) in [7, 11) is 0. The van der Waals surface area contributed by atoms with Crippen LogP contribution >= 0.6 is 0 Å². The molecular weight excluding hydrogens is 611 g/mol. The van der Waals surface area contributed by atoms with Crippen molar-refractivity contribution >= 4 is 45.1 Å². The zero-order chi connectivity index (χ0) is 34.7. The van der Waals surface area contributed by atoms with Gasteiger partial charge in [-0.3, -0.25) is 9.98 Å². The van der Waals surface area contributed by atoms with E-state index in [2.05, 4.69) is 142 Å². The maximum absolute atomic E-state index is 5.93. The first-order valence-electron chi connectivity index (χ1n) is 16.7. The molecule has 0 aliphatic carbocycles. The highest BCUT2D eigenvalue weighted by Crippen LogP contribution is 2.36. The van der Waals surface area contributed by atoms with Gasteiger partial charge in [0.1, 0.15) is 0 Å². The van der Waals surface area contributed by atoms with Crippen LogP contribution in [-0.2, 0) is 13.0 Å². The van der Waals surface area contributed by atoms with Gasteiger partial charge in [0.15, 0.2) is 0 Å². The second-order valence-electron chi connectivity index (χ2n) is 11.7. The number of aliphatic imine (C=N–C) groups is 1. The summed E-state index contributed by atoms with van der Waals surface area (Å²) in [5.74, 6) is 0. The number of allylic oxidation sites excluding steroid dienone is 3. The van der Waals surface area contributed by atoms with Gasteiger partial charge in [-0.15, -0.1) is 0 Å². The Kier molecular flexibility index (Phi) is 10.9. The Labute approximate surface area is 294 Å². The predicted molar refractivity (Wildman–Crippen MR) is 213 cm³/mol. The lowest BCUT2D eigenvalue weighted by Gasteiger charge is -2.10. The second-order valence-corrected chi connectivity index (χ2v) is 11.7. The third-order valence-electron chi connectivity index (χ3n) is 8.51. The molecule has 8 aromatic rings. The van der Waals surface area contributed by atoms with Crippen LogP contribution in [0, 0.1) is 0 Å². The van der Waals surface area contributed by atoms with Crippen molar-refractivity contribution in [1.29, 1.82) is 0 Å². The summed E-state index contributed by atoms with van der Waals surface area (Å²) in [6.07, 6.45) is 10.3. The Morgan fingerprint density at radius 1 is 0.720 bits per heavy atom. The van der Waals surface area contributed by atoms with Gasteiger partial charge in [0.05, 0.1) is 22.2 Å². The number of hydrogen-bond donors (Lipinski definition) is 1. The Morgan fingerprint density at radius 3 is 2.22 bits per heavy atom. The Bertz CT molecular complexity index is 2380. The molecule has 5 heteroatoms. The lowest BCUT2D eigenvalue weighted by Crippen LogP contribution is -1.99. The van der Waals surface area contributed by atoms with Crippen molar-refractivity contribution < 1.29 is 0 Å². The Morgan fingerprint density at radius 2 is 1.48 bits per heavy atom. The van der Waals surface area contributed by atoms with Crippen LogP contribution < -0.4 is 5.73 Å². The predicted octanol–water partition coefficient (Wildman–Crippen LogP) is 10.9. The Balaban J connectivity index is 0.000000180.